The summed E-state index contributed by atoms with van der Waals surface area (Å²) in [5, 5.41) is 2.24. The SMILES string of the molecule is CC(C)[C@@H](OC(=O)c1ccc(Cl)c(N2CCCC2=O)c1)C(=O)NC(N)=O. The summed E-state index contributed by atoms with van der Waals surface area (Å²) in [5.41, 5.74) is 5.49. The van der Waals surface area contributed by atoms with Gasteiger partial charge in [0.25, 0.3) is 5.91 Å². The monoisotopic (exact) mass is 381 g/mol. The van der Waals surface area contributed by atoms with Gasteiger partial charge >= 0.3 is 12.0 Å². The van der Waals surface area contributed by atoms with E-state index < -0.39 is 24.0 Å². The van der Waals surface area contributed by atoms with Crippen molar-refractivity contribution in [3.8, 4) is 0 Å². The van der Waals surface area contributed by atoms with Crippen LogP contribution in [0.2, 0.25) is 5.02 Å². The number of nitrogens with two attached hydrogens (primary N) is 1. The summed E-state index contributed by atoms with van der Waals surface area (Å²) < 4.78 is 5.24. The highest BCUT2D eigenvalue weighted by molar-refractivity contribution is 6.34. The first-order chi connectivity index (χ1) is 12.2. The highest BCUT2D eigenvalue weighted by Crippen LogP contribution is 2.30. The number of halogens is 1. The fourth-order valence-electron chi connectivity index (χ4n) is 2.62. The van der Waals surface area contributed by atoms with Crippen LogP contribution in [0.25, 0.3) is 0 Å². The molecular formula is C17H20ClN3O5. The zero-order valence-corrected chi connectivity index (χ0v) is 15.2. The number of imide groups is 1. The Labute approximate surface area is 155 Å². The third-order valence-electron chi connectivity index (χ3n) is 3.89. The van der Waals surface area contributed by atoms with Gasteiger partial charge in [-0.25, -0.2) is 9.59 Å². The van der Waals surface area contributed by atoms with Crippen molar-refractivity contribution in [1.29, 1.82) is 0 Å². The molecule has 1 heterocycles. The normalized spacial score (nSPS) is 15.1. The van der Waals surface area contributed by atoms with Crippen molar-refractivity contribution in [2.75, 3.05) is 11.4 Å². The molecular weight excluding hydrogens is 362 g/mol. The van der Waals surface area contributed by atoms with Crippen LogP contribution < -0.4 is 16.0 Å². The highest BCUT2D eigenvalue weighted by Gasteiger charge is 2.29. The van der Waals surface area contributed by atoms with Crippen molar-refractivity contribution in [3.05, 3.63) is 28.8 Å². The fourth-order valence-corrected chi connectivity index (χ4v) is 2.84. The van der Waals surface area contributed by atoms with Crippen LogP contribution >= 0.6 is 11.6 Å². The molecule has 1 aromatic rings. The first-order valence-corrected chi connectivity index (χ1v) is 8.49. The number of primary amides is 1. The molecule has 2 rings (SSSR count). The Morgan fingerprint density at radius 1 is 1.31 bits per heavy atom. The molecule has 1 saturated heterocycles. The lowest BCUT2D eigenvalue weighted by Crippen LogP contribution is -2.45. The van der Waals surface area contributed by atoms with Crippen LogP contribution in [0.1, 0.15) is 37.0 Å². The molecule has 8 nitrogen and oxygen atoms in total. The minimum atomic E-state index is -1.19. The van der Waals surface area contributed by atoms with Gasteiger partial charge in [0.15, 0.2) is 6.10 Å². The first-order valence-electron chi connectivity index (χ1n) is 8.12. The smallest absolute Gasteiger partial charge is 0.338 e. The van der Waals surface area contributed by atoms with Gasteiger partial charge in [0.1, 0.15) is 0 Å². The zero-order valence-electron chi connectivity index (χ0n) is 14.5. The number of amides is 4. The second-order valence-electron chi connectivity index (χ2n) is 6.24. The van der Waals surface area contributed by atoms with Crippen molar-refractivity contribution in [3.63, 3.8) is 0 Å². The number of rotatable bonds is 5. The average Bonchev–Trinajstić information content (AvgIpc) is 2.97. The van der Waals surface area contributed by atoms with E-state index in [1.807, 2.05) is 5.32 Å². The maximum atomic E-state index is 12.4. The van der Waals surface area contributed by atoms with Crippen molar-refractivity contribution < 1.29 is 23.9 Å². The number of carbonyl (C=O) groups excluding carboxylic acids is 4. The van der Waals surface area contributed by atoms with Crippen LogP contribution in [-0.2, 0) is 14.3 Å². The molecule has 26 heavy (non-hydrogen) atoms. The number of hydrogen-bond donors (Lipinski definition) is 2. The maximum absolute atomic E-state index is 12.4. The zero-order chi connectivity index (χ0) is 19.4. The van der Waals surface area contributed by atoms with Crippen LogP contribution in [0.5, 0.6) is 0 Å². The van der Waals surface area contributed by atoms with Crippen molar-refractivity contribution in [2.45, 2.75) is 32.8 Å². The molecule has 0 aliphatic carbocycles. The number of esters is 1. The molecule has 0 radical (unpaired) electrons. The van der Waals surface area contributed by atoms with Gasteiger partial charge in [0.2, 0.25) is 5.91 Å². The molecule has 1 aliphatic heterocycles. The lowest BCUT2D eigenvalue weighted by Gasteiger charge is -2.21. The van der Waals surface area contributed by atoms with E-state index >= 15 is 0 Å². The summed E-state index contributed by atoms with van der Waals surface area (Å²) in [6.45, 7) is 3.84. The molecule has 1 aromatic carbocycles. The molecule has 3 N–H and O–H groups in total. The van der Waals surface area contributed by atoms with Crippen molar-refractivity contribution in [2.24, 2.45) is 11.7 Å². The Hall–Kier alpha value is -2.61. The standard InChI is InChI=1S/C17H20ClN3O5/c1-9(2)14(15(23)20-17(19)25)26-16(24)10-5-6-11(18)12(8-10)21-7-3-4-13(21)22/h5-6,8-9,14H,3-4,7H2,1-2H3,(H3,19,20,23,25)/t14-/m1/s1. The van der Waals surface area contributed by atoms with Crippen molar-refractivity contribution in [1.82, 2.24) is 5.32 Å². The number of carbonyl (C=O) groups is 4. The Morgan fingerprint density at radius 2 is 2.00 bits per heavy atom. The molecule has 140 valence electrons. The summed E-state index contributed by atoms with van der Waals surface area (Å²) in [6.07, 6.45) is -0.0529. The molecule has 1 fully saturated rings. The number of hydrogen-bond acceptors (Lipinski definition) is 5. The summed E-state index contributed by atoms with van der Waals surface area (Å²) in [7, 11) is 0. The minimum Gasteiger partial charge on any atom is -0.448 e. The second-order valence-corrected chi connectivity index (χ2v) is 6.65. The molecule has 0 unspecified atom stereocenters. The Kier molecular flexibility index (Phi) is 6.20. The van der Waals surface area contributed by atoms with E-state index in [4.69, 9.17) is 22.1 Å². The molecule has 1 aliphatic rings. The van der Waals surface area contributed by atoms with Crippen LogP contribution in [0, 0.1) is 5.92 Å². The van der Waals surface area contributed by atoms with Crippen LogP contribution in [0.4, 0.5) is 10.5 Å². The molecule has 1 atom stereocenters. The van der Waals surface area contributed by atoms with Gasteiger partial charge in [-0.3, -0.25) is 14.9 Å². The van der Waals surface area contributed by atoms with Crippen LogP contribution in [0.3, 0.4) is 0 Å². The minimum absolute atomic E-state index is 0.0710. The Morgan fingerprint density at radius 3 is 2.54 bits per heavy atom. The predicted molar refractivity (Wildman–Crippen MR) is 94.8 cm³/mol. The lowest BCUT2D eigenvalue weighted by atomic mass is 10.1. The average molecular weight is 382 g/mol. The van der Waals surface area contributed by atoms with E-state index in [2.05, 4.69) is 0 Å². The lowest BCUT2D eigenvalue weighted by molar-refractivity contribution is -0.130. The summed E-state index contributed by atoms with van der Waals surface area (Å²) in [5.74, 6) is -2.03. The molecule has 4 amide bonds. The number of nitrogens with one attached hydrogen (secondary N) is 1. The Bertz CT molecular complexity index is 750. The Balaban J connectivity index is 2.21. The quantitative estimate of drug-likeness (QED) is 0.754. The topological polar surface area (TPSA) is 119 Å². The van der Waals surface area contributed by atoms with E-state index in [0.717, 1.165) is 0 Å². The number of benzene rings is 1. The molecule has 0 spiro atoms. The van der Waals surface area contributed by atoms with E-state index in [1.165, 1.54) is 23.1 Å². The van der Waals surface area contributed by atoms with Gasteiger partial charge in [-0.2, -0.15) is 0 Å². The fraction of sp³-hybridized carbons (Fsp3) is 0.412. The van der Waals surface area contributed by atoms with Gasteiger partial charge in [-0.15, -0.1) is 0 Å². The van der Waals surface area contributed by atoms with E-state index in [0.29, 0.717) is 30.1 Å². The van der Waals surface area contributed by atoms with Crippen molar-refractivity contribution >= 4 is 41.1 Å². The number of urea groups is 1. The third kappa shape index (κ3) is 4.51. The first kappa shape index (κ1) is 19.7. The van der Waals surface area contributed by atoms with Gasteiger partial charge in [-0.05, 0) is 30.5 Å². The van der Waals surface area contributed by atoms with Gasteiger partial charge in [0, 0.05) is 13.0 Å². The number of nitrogens with zero attached hydrogens (tertiary/aromatic N) is 1. The molecule has 9 heteroatoms. The van der Waals surface area contributed by atoms with Gasteiger partial charge in [-0.1, -0.05) is 25.4 Å². The largest absolute Gasteiger partial charge is 0.448 e. The molecule has 0 aromatic heterocycles. The predicted octanol–water partition coefficient (Wildman–Crippen LogP) is 1.84. The number of anilines is 1. The summed E-state index contributed by atoms with van der Waals surface area (Å²) in [4.78, 5) is 48.7. The molecule has 0 saturated carbocycles. The second kappa shape index (κ2) is 8.18. The number of ether oxygens (including phenoxy) is 1. The summed E-state index contributed by atoms with van der Waals surface area (Å²) >= 11 is 6.15. The maximum Gasteiger partial charge on any atom is 0.338 e. The van der Waals surface area contributed by atoms with E-state index in [9.17, 15) is 19.2 Å². The molecule has 0 bridgehead atoms. The third-order valence-corrected chi connectivity index (χ3v) is 4.21. The van der Waals surface area contributed by atoms with Crippen LogP contribution in [0.15, 0.2) is 18.2 Å². The van der Waals surface area contributed by atoms with E-state index in [-0.39, 0.29) is 17.4 Å². The van der Waals surface area contributed by atoms with Crippen LogP contribution in [-0.4, -0.2) is 36.5 Å². The van der Waals surface area contributed by atoms with E-state index in [1.54, 1.807) is 13.8 Å². The highest BCUT2D eigenvalue weighted by atomic mass is 35.5. The summed E-state index contributed by atoms with van der Waals surface area (Å²) in [6, 6.07) is 3.36. The van der Waals surface area contributed by atoms with Gasteiger partial charge in [0.05, 0.1) is 16.3 Å². The van der Waals surface area contributed by atoms with Gasteiger partial charge < -0.3 is 15.4 Å².